The van der Waals surface area contributed by atoms with Gasteiger partial charge in [0.05, 0.1) is 25.0 Å². The molecule has 2 fully saturated rings. The maximum atomic E-state index is 12.3. The second-order valence-electron chi connectivity index (χ2n) is 7.22. The topological polar surface area (TPSA) is 72.0 Å². The highest BCUT2D eigenvalue weighted by atomic mass is 16.6. The highest BCUT2D eigenvalue weighted by Crippen LogP contribution is 2.35. The predicted molar refractivity (Wildman–Crippen MR) is 88.1 cm³/mol. The van der Waals surface area contributed by atoms with E-state index in [1.807, 2.05) is 31.7 Å². The van der Waals surface area contributed by atoms with Crippen LogP contribution in [0.4, 0.5) is 10.5 Å². The Morgan fingerprint density at radius 1 is 1.21 bits per heavy atom. The molecule has 130 valence electrons. The number of piperazine rings is 1. The Morgan fingerprint density at radius 2 is 1.96 bits per heavy atom. The number of esters is 1. The molecule has 0 aliphatic carbocycles. The van der Waals surface area contributed by atoms with Gasteiger partial charge in [-0.3, -0.25) is 0 Å². The summed E-state index contributed by atoms with van der Waals surface area (Å²) in [7, 11) is 1.34. The fourth-order valence-electron chi connectivity index (χ4n) is 3.31. The molecule has 2 bridgehead atoms. The lowest BCUT2D eigenvalue weighted by Crippen LogP contribution is -2.50. The third-order valence-corrected chi connectivity index (χ3v) is 4.34. The molecule has 0 spiro atoms. The molecule has 0 N–H and O–H groups in total. The van der Waals surface area contributed by atoms with Crippen LogP contribution in [0.1, 0.15) is 37.7 Å². The summed E-state index contributed by atoms with van der Waals surface area (Å²) in [6, 6.07) is 3.95. The molecule has 2 saturated heterocycles. The minimum absolute atomic E-state index is 0.158. The molecule has 1 aromatic heterocycles. The molecular weight excluding hydrogens is 310 g/mol. The van der Waals surface area contributed by atoms with Crippen LogP contribution >= 0.6 is 0 Å². The summed E-state index contributed by atoms with van der Waals surface area (Å²) in [5.41, 5.74) is 0.770. The van der Waals surface area contributed by atoms with Crippen molar-refractivity contribution < 1.29 is 19.1 Å². The van der Waals surface area contributed by atoms with Gasteiger partial charge in [-0.25, -0.2) is 14.6 Å². The van der Waals surface area contributed by atoms with E-state index < -0.39 is 11.6 Å². The number of hydrogen-bond acceptors (Lipinski definition) is 6. The Labute approximate surface area is 141 Å². The number of amides is 1. The normalized spacial score (nSPS) is 22.7. The Bertz CT molecular complexity index is 638. The van der Waals surface area contributed by atoms with Crippen molar-refractivity contribution in [2.45, 2.75) is 44.9 Å². The molecule has 3 rings (SSSR count). The van der Waals surface area contributed by atoms with E-state index in [0.29, 0.717) is 12.2 Å². The Kier molecular flexibility index (Phi) is 4.11. The lowest BCUT2D eigenvalue weighted by molar-refractivity contribution is 0.0214. The van der Waals surface area contributed by atoms with Gasteiger partial charge in [0.2, 0.25) is 0 Å². The van der Waals surface area contributed by atoms with Gasteiger partial charge in [0.15, 0.2) is 0 Å². The summed E-state index contributed by atoms with van der Waals surface area (Å²) in [5, 5.41) is 0. The van der Waals surface area contributed by atoms with E-state index in [-0.39, 0.29) is 18.2 Å². The number of anilines is 1. The summed E-state index contributed by atoms with van der Waals surface area (Å²) >= 11 is 0. The van der Waals surface area contributed by atoms with Gasteiger partial charge in [-0.05, 0) is 39.3 Å². The molecule has 2 aliphatic heterocycles. The van der Waals surface area contributed by atoms with Crippen LogP contribution in [0.25, 0.3) is 0 Å². The lowest BCUT2D eigenvalue weighted by atomic mass is 10.2. The van der Waals surface area contributed by atoms with Gasteiger partial charge in [-0.15, -0.1) is 0 Å². The van der Waals surface area contributed by atoms with E-state index in [0.717, 1.165) is 18.7 Å². The summed E-state index contributed by atoms with van der Waals surface area (Å²) < 4.78 is 10.1. The Hall–Kier alpha value is -2.31. The Morgan fingerprint density at radius 3 is 2.46 bits per heavy atom. The fourth-order valence-corrected chi connectivity index (χ4v) is 3.31. The van der Waals surface area contributed by atoms with Crippen LogP contribution in [0.15, 0.2) is 18.3 Å². The zero-order valence-corrected chi connectivity index (χ0v) is 14.5. The van der Waals surface area contributed by atoms with Gasteiger partial charge < -0.3 is 19.3 Å². The van der Waals surface area contributed by atoms with E-state index in [2.05, 4.69) is 14.6 Å². The van der Waals surface area contributed by atoms with Gasteiger partial charge in [-0.1, -0.05) is 0 Å². The SMILES string of the molecule is COC(=O)c1ccc(N2CC3CC2CN3C(=O)OC(C)(C)C)cn1. The van der Waals surface area contributed by atoms with Crippen molar-refractivity contribution in [3.05, 3.63) is 24.0 Å². The van der Waals surface area contributed by atoms with Crippen molar-refractivity contribution in [2.24, 2.45) is 0 Å². The molecule has 7 heteroatoms. The number of rotatable bonds is 2. The van der Waals surface area contributed by atoms with E-state index in [1.54, 1.807) is 12.3 Å². The summed E-state index contributed by atoms with van der Waals surface area (Å²) in [6.45, 7) is 7.03. The fraction of sp³-hybridized carbons (Fsp3) is 0.588. The molecule has 0 radical (unpaired) electrons. The predicted octanol–water partition coefficient (Wildman–Crippen LogP) is 2.07. The first-order chi connectivity index (χ1) is 11.3. The molecule has 24 heavy (non-hydrogen) atoms. The van der Waals surface area contributed by atoms with E-state index >= 15 is 0 Å². The second-order valence-corrected chi connectivity index (χ2v) is 7.22. The molecule has 0 aromatic carbocycles. The highest BCUT2D eigenvalue weighted by Gasteiger charge is 2.46. The van der Waals surface area contributed by atoms with E-state index in [9.17, 15) is 9.59 Å². The molecule has 2 unspecified atom stereocenters. The van der Waals surface area contributed by atoms with Gasteiger partial charge in [0, 0.05) is 19.1 Å². The maximum Gasteiger partial charge on any atom is 0.410 e. The first-order valence-electron chi connectivity index (χ1n) is 8.09. The van der Waals surface area contributed by atoms with Gasteiger partial charge >= 0.3 is 12.1 Å². The van der Waals surface area contributed by atoms with Crippen LogP contribution in [-0.2, 0) is 9.47 Å². The monoisotopic (exact) mass is 333 g/mol. The summed E-state index contributed by atoms with van der Waals surface area (Å²) in [6.07, 6.45) is 2.37. The standard InChI is InChI=1S/C17H23N3O4/c1-17(2,3)24-16(22)20-10-12-7-13(20)9-19(12)11-5-6-14(18-8-11)15(21)23-4/h5-6,8,12-13H,7,9-10H2,1-4H3. The second kappa shape index (κ2) is 5.96. The number of pyridine rings is 1. The van der Waals surface area contributed by atoms with Crippen molar-refractivity contribution in [3.8, 4) is 0 Å². The van der Waals surface area contributed by atoms with Crippen LogP contribution in [-0.4, -0.2) is 59.8 Å². The number of aromatic nitrogens is 1. The average Bonchev–Trinajstić information content (AvgIpc) is 3.13. The van der Waals surface area contributed by atoms with Crippen molar-refractivity contribution in [3.63, 3.8) is 0 Å². The number of nitrogens with zero attached hydrogens (tertiary/aromatic N) is 3. The quantitative estimate of drug-likeness (QED) is 0.772. The smallest absolute Gasteiger partial charge is 0.410 e. The molecule has 1 aromatic rings. The van der Waals surface area contributed by atoms with Gasteiger partial charge in [0.1, 0.15) is 11.3 Å². The Balaban J connectivity index is 1.65. The summed E-state index contributed by atoms with van der Waals surface area (Å²) in [5.74, 6) is -0.444. The number of methoxy groups -OCH3 is 1. The molecule has 1 amide bonds. The molecule has 3 heterocycles. The zero-order valence-electron chi connectivity index (χ0n) is 14.5. The number of fused-ring (bicyclic) bond motifs is 2. The minimum atomic E-state index is -0.480. The first-order valence-corrected chi connectivity index (χ1v) is 8.09. The largest absolute Gasteiger partial charge is 0.464 e. The van der Waals surface area contributed by atoms with Crippen molar-refractivity contribution in [2.75, 3.05) is 25.1 Å². The molecular formula is C17H23N3O4. The average molecular weight is 333 g/mol. The van der Waals surface area contributed by atoms with Crippen molar-refractivity contribution >= 4 is 17.7 Å². The molecule has 7 nitrogen and oxygen atoms in total. The van der Waals surface area contributed by atoms with E-state index in [4.69, 9.17) is 4.74 Å². The van der Waals surface area contributed by atoms with Crippen LogP contribution in [0, 0.1) is 0 Å². The van der Waals surface area contributed by atoms with Crippen LogP contribution in [0.5, 0.6) is 0 Å². The van der Waals surface area contributed by atoms with Crippen molar-refractivity contribution in [1.82, 2.24) is 9.88 Å². The maximum absolute atomic E-state index is 12.3. The van der Waals surface area contributed by atoms with Crippen molar-refractivity contribution in [1.29, 1.82) is 0 Å². The third-order valence-electron chi connectivity index (χ3n) is 4.34. The molecule has 0 saturated carbocycles. The number of hydrogen-bond donors (Lipinski definition) is 0. The number of likely N-dealkylation sites (tertiary alicyclic amines) is 1. The highest BCUT2D eigenvalue weighted by molar-refractivity contribution is 5.87. The van der Waals surface area contributed by atoms with E-state index in [1.165, 1.54) is 7.11 Å². The lowest BCUT2D eigenvalue weighted by Gasteiger charge is -2.36. The third kappa shape index (κ3) is 3.16. The van der Waals surface area contributed by atoms with Crippen LogP contribution in [0.3, 0.4) is 0 Å². The summed E-state index contributed by atoms with van der Waals surface area (Å²) in [4.78, 5) is 31.9. The number of ether oxygens (including phenoxy) is 2. The zero-order chi connectivity index (χ0) is 17.5. The van der Waals surface area contributed by atoms with Crippen LogP contribution < -0.4 is 4.90 Å². The minimum Gasteiger partial charge on any atom is -0.464 e. The van der Waals surface area contributed by atoms with Gasteiger partial charge in [-0.2, -0.15) is 0 Å². The number of carbonyl (C=O) groups is 2. The molecule has 2 atom stereocenters. The first kappa shape index (κ1) is 16.5. The number of carbonyl (C=O) groups excluding carboxylic acids is 2. The van der Waals surface area contributed by atoms with Crippen LogP contribution in [0.2, 0.25) is 0 Å². The molecule has 2 aliphatic rings. The van der Waals surface area contributed by atoms with Gasteiger partial charge in [0.25, 0.3) is 0 Å².